The summed E-state index contributed by atoms with van der Waals surface area (Å²) in [5.41, 5.74) is 3.69. The predicted molar refractivity (Wildman–Crippen MR) is 58.4 cm³/mol. The van der Waals surface area contributed by atoms with E-state index in [1.807, 2.05) is 14.0 Å². The quantitative estimate of drug-likeness (QED) is 0.650. The van der Waals surface area contributed by atoms with Crippen molar-refractivity contribution in [3.8, 4) is 0 Å². The molecule has 0 heterocycles. The molecule has 1 nitrogen and oxygen atoms in total. The van der Waals surface area contributed by atoms with E-state index >= 15 is 0 Å². The van der Waals surface area contributed by atoms with Gasteiger partial charge in [0.2, 0.25) is 0 Å². The van der Waals surface area contributed by atoms with Gasteiger partial charge in [0.25, 0.3) is 0 Å². The molecule has 0 aliphatic heterocycles. The van der Waals surface area contributed by atoms with Gasteiger partial charge in [-0.05, 0) is 31.4 Å². The molecule has 1 N–H and O–H groups in total. The van der Waals surface area contributed by atoms with Gasteiger partial charge in [-0.25, -0.2) is 0 Å². The van der Waals surface area contributed by atoms with E-state index in [1.54, 1.807) is 0 Å². The molecule has 0 fully saturated rings. The summed E-state index contributed by atoms with van der Waals surface area (Å²) >= 11 is 0. The van der Waals surface area contributed by atoms with Gasteiger partial charge in [-0.15, -0.1) is 0 Å². The molecular weight excluding hydrogens is 158 g/mol. The van der Waals surface area contributed by atoms with Gasteiger partial charge in [-0.1, -0.05) is 30.4 Å². The summed E-state index contributed by atoms with van der Waals surface area (Å²) in [5.74, 6) is 0. The van der Waals surface area contributed by atoms with Crippen molar-refractivity contribution < 1.29 is 0 Å². The number of likely N-dealkylation sites (N-methyl/N-ethyl adjacent to an activating group) is 1. The van der Waals surface area contributed by atoms with E-state index in [1.165, 1.54) is 11.3 Å². The first kappa shape index (κ1) is 9.85. The smallest absolute Gasteiger partial charge is 0.0367 e. The van der Waals surface area contributed by atoms with E-state index in [-0.39, 0.29) is 0 Å². The molecule has 1 aliphatic carbocycles. The molecule has 0 aromatic carbocycles. The summed E-state index contributed by atoms with van der Waals surface area (Å²) in [6, 6.07) is 0. The highest BCUT2D eigenvalue weighted by molar-refractivity contribution is 5.36. The lowest BCUT2D eigenvalue weighted by molar-refractivity contribution is 0.905. The Labute approximate surface area is 80.5 Å². The zero-order chi connectivity index (χ0) is 9.68. The van der Waals surface area contributed by atoms with Crippen molar-refractivity contribution in [3.05, 3.63) is 47.7 Å². The van der Waals surface area contributed by atoms with Gasteiger partial charge in [-0.3, -0.25) is 0 Å². The van der Waals surface area contributed by atoms with E-state index in [4.69, 9.17) is 0 Å². The maximum Gasteiger partial charge on any atom is 0.0367 e. The Hall–Kier alpha value is -1.24. The Morgan fingerprint density at radius 1 is 1.62 bits per heavy atom. The zero-order valence-electron chi connectivity index (χ0n) is 8.43. The minimum Gasteiger partial charge on any atom is -0.388 e. The van der Waals surface area contributed by atoms with Crippen molar-refractivity contribution >= 4 is 0 Å². The lowest BCUT2D eigenvalue weighted by atomic mass is 10.0. The molecule has 1 aliphatic rings. The molecule has 0 spiro atoms. The second-order valence-electron chi connectivity index (χ2n) is 3.31. The van der Waals surface area contributed by atoms with Crippen LogP contribution in [0.3, 0.4) is 0 Å². The second-order valence-corrected chi connectivity index (χ2v) is 3.31. The van der Waals surface area contributed by atoms with Crippen LogP contribution < -0.4 is 5.32 Å². The molecule has 1 heteroatoms. The highest BCUT2D eigenvalue weighted by Gasteiger charge is 2.02. The van der Waals surface area contributed by atoms with E-state index in [9.17, 15) is 0 Å². The maximum absolute atomic E-state index is 3.84. The van der Waals surface area contributed by atoms with Crippen LogP contribution in [0.4, 0.5) is 0 Å². The van der Waals surface area contributed by atoms with Crippen LogP contribution in [-0.4, -0.2) is 7.05 Å². The zero-order valence-corrected chi connectivity index (χ0v) is 8.43. The minimum absolute atomic E-state index is 1.09. The van der Waals surface area contributed by atoms with Gasteiger partial charge in [0.1, 0.15) is 0 Å². The molecule has 0 saturated carbocycles. The Morgan fingerprint density at radius 2 is 2.38 bits per heavy atom. The van der Waals surface area contributed by atoms with Crippen molar-refractivity contribution in [2.75, 3.05) is 7.05 Å². The largest absolute Gasteiger partial charge is 0.388 e. The topological polar surface area (TPSA) is 12.0 Å². The summed E-state index contributed by atoms with van der Waals surface area (Å²) in [6.07, 6.45) is 10.8. The normalized spacial score (nSPS) is 16.8. The van der Waals surface area contributed by atoms with Crippen LogP contribution in [-0.2, 0) is 0 Å². The second kappa shape index (κ2) is 4.70. The first-order valence-electron chi connectivity index (χ1n) is 4.65. The maximum atomic E-state index is 3.84. The molecule has 70 valence electrons. The molecule has 13 heavy (non-hydrogen) atoms. The van der Waals surface area contributed by atoms with E-state index in [2.05, 4.69) is 36.2 Å². The average Bonchev–Trinajstić information content (AvgIpc) is 2.15. The van der Waals surface area contributed by atoms with E-state index in [0.717, 1.165) is 18.4 Å². The van der Waals surface area contributed by atoms with Crippen LogP contribution >= 0.6 is 0 Å². The Balaban J connectivity index is 2.80. The number of rotatable bonds is 3. The average molecular weight is 175 g/mol. The van der Waals surface area contributed by atoms with Crippen LogP contribution in [0.1, 0.15) is 19.8 Å². The standard InChI is InChI=1S/C12H17N/c1-10(2)8-9-11-6-4-5-7-12(11)13-3/h5,7-9,13H,1,4,6H2,2-3H3/b9-8-. The van der Waals surface area contributed by atoms with Gasteiger partial charge in [0.15, 0.2) is 0 Å². The third kappa shape index (κ3) is 2.94. The van der Waals surface area contributed by atoms with Gasteiger partial charge >= 0.3 is 0 Å². The van der Waals surface area contributed by atoms with Crippen molar-refractivity contribution in [2.24, 2.45) is 0 Å². The third-order valence-corrected chi connectivity index (χ3v) is 2.05. The van der Waals surface area contributed by atoms with Gasteiger partial charge in [-0.2, -0.15) is 0 Å². The fourth-order valence-electron chi connectivity index (χ4n) is 1.34. The minimum atomic E-state index is 1.09. The molecule has 0 amide bonds. The number of hydrogen-bond acceptors (Lipinski definition) is 1. The first-order chi connectivity index (χ1) is 6.24. The molecular formula is C12H17N. The SMILES string of the molecule is C=C(C)/C=C\C1=C(NC)C=CCC1. The summed E-state index contributed by atoms with van der Waals surface area (Å²) < 4.78 is 0. The third-order valence-electron chi connectivity index (χ3n) is 2.05. The van der Waals surface area contributed by atoms with Crippen LogP contribution in [0, 0.1) is 0 Å². The predicted octanol–water partition coefficient (Wildman–Crippen LogP) is 2.94. The van der Waals surface area contributed by atoms with Crippen LogP contribution in [0.25, 0.3) is 0 Å². The van der Waals surface area contributed by atoms with Crippen molar-refractivity contribution in [2.45, 2.75) is 19.8 Å². The molecule has 0 atom stereocenters. The van der Waals surface area contributed by atoms with Crippen molar-refractivity contribution in [1.82, 2.24) is 5.32 Å². The molecule has 0 radical (unpaired) electrons. The van der Waals surface area contributed by atoms with Gasteiger partial charge < -0.3 is 5.32 Å². The number of allylic oxidation sites excluding steroid dienone is 6. The Kier molecular flexibility index (Phi) is 3.56. The lowest BCUT2D eigenvalue weighted by Gasteiger charge is -2.12. The van der Waals surface area contributed by atoms with E-state index < -0.39 is 0 Å². The van der Waals surface area contributed by atoms with Crippen LogP contribution in [0.5, 0.6) is 0 Å². The van der Waals surface area contributed by atoms with Crippen LogP contribution in [0.15, 0.2) is 47.7 Å². The summed E-state index contributed by atoms with van der Waals surface area (Å²) in [6.45, 7) is 5.85. The molecule has 0 aromatic rings. The summed E-state index contributed by atoms with van der Waals surface area (Å²) in [5, 5.41) is 3.19. The van der Waals surface area contributed by atoms with Crippen molar-refractivity contribution in [3.63, 3.8) is 0 Å². The highest BCUT2D eigenvalue weighted by Crippen LogP contribution is 2.18. The number of nitrogens with one attached hydrogen (secondary N) is 1. The van der Waals surface area contributed by atoms with E-state index in [0.29, 0.717) is 0 Å². The number of hydrogen-bond donors (Lipinski definition) is 1. The fraction of sp³-hybridized carbons (Fsp3) is 0.333. The lowest BCUT2D eigenvalue weighted by Crippen LogP contribution is -2.08. The molecule has 0 saturated heterocycles. The Morgan fingerprint density at radius 3 is 3.00 bits per heavy atom. The van der Waals surface area contributed by atoms with Crippen molar-refractivity contribution in [1.29, 1.82) is 0 Å². The summed E-state index contributed by atoms with van der Waals surface area (Å²) in [7, 11) is 1.96. The van der Waals surface area contributed by atoms with Gasteiger partial charge in [0, 0.05) is 12.7 Å². The molecule has 1 rings (SSSR count). The first-order valence-corrected chi connectivity index (χ1v) is 4.65. The Bertz CT molecular complexity index is 279. The summed E-state index contributed by atoms with van der Waals surface area (Å²) in [4.78, 5) is 0. The van der Waals surface area contributed by atoms with Crippen LogP contribution in [0.2, 0.25) is 0 Å². The highest BCUT2D eigenvalue weighted by atomic mass is 14.8. The fourth-order valence-corrected chi connectivity index (χ4v) is 1.34. The monoisotopic (exact) mass is 175 g/mol. The van der Waals surface area contributed by atoms with Gasteiger partial charge in [0.05, 0.1) is 0 Å². The molecule has 0 aromatic heterocycles. The molecule has 0 unspecified atom stereocenters. The molecule has 0 bridgehead atoms.